The number of hydrogen-bond acceptors (Lipinski definition) is 7. The summed E-state index contributed by atoms with van der Waals surface area (Å²) in [5.74, 6) is 0.838. The summed E-state index contributed by atoms with van der Waals surface area (Å²) in [7, 11) is 0. The van der Waals surface area contributed by atoms with Gasteiger partial charge < -0.3 is 16.8 Å². The number of aromatic nitrogens is 4. The van der Waals surface area contributed by atoms with Crippen LogP contribution in [0.1, 0.15) is 53.7 Å². The second-order valence-corrected chi connectivity index (χ2v) is 7.66. The number of nitrogens with one attached hydrogen (secondary N) is 1. The lowest BCUT2D eigenvalue weighted by Gasteiger charge is -2.14. The smallest absolute Gasteiger partial charge is 0.270 e. The molecule has 0 saturated heterocycles. The minimum atomic E-state index is -0.279. The summed E-state index contributed by atoms with van der Waals surface area (Å²) in [4.78, 5) is 34.4. The Morgan fingerprint density at radius 1 is 1.09 bits per heavy atom. The van der Waals surface area contributed by atoms with Crippen LogP contribution in [0.4, 0.5) is 5.82 Å². The number of rotatable bonds is 7. The summed E-state index contributed by atoms with van der Waals surface area (Å²) in [5.41, 5.74) is 15.9. The monoisotopic (exact) mass is 444 g/mol. The van der Waals surface area contributed by atoms with Crippen LogP contribution in [0, 0.1) is 13.8 Å². The molecule has 1 amide bonds. The van der Waals surface area contributed by atoms with Gasteiger partial charge in [-0.05, 0) is 57.0 Å². The molecule has 0 fully saturated rings. The first kappa shape index (κ1) is 23.5. The van der Waals surface area contributed by atoms with E-state index in [9.17, 15) is 4.79 Å². The van der Waals surface area contributed by atoms with E-state index >= 15 is 0 Å². The van der Waals surface area contributed by atoms with Gasteiger partial charge in [0.05, 0.1) is 6.04 Å². The molecule has 1 unspecified atom stereocenters. The van der Waals surface area contributed by atoms with Gasteiger partial charge in [-0.1, -0.05) is 13.0 Å². The van der Waals surface area contributed by atoms with E-state index in [1.165, 1.54) is 0 Å². The van der Waals surface area contributed by atoms with Crippen molar-refractivity contribution in [3.05, 3.63) is 77.1 Å². The Kier molecular flexibility index (Phi) is 7.45. The first-order valence-corrected chi connectivity index (χ1v) is 10.6. The third kappa shape index (κ3) is 6.42. The SMILES string of the molecule is CC/C(N)=C/C(N)=Nc1cc(C)nc(-c2ccc(C(=O)NC(C)c3ccc(C)nc3)nc2)n1. The van der Waals surface area contributed by atoms with Crippen molar-refractivity contribution in [1.29, 1.82) is 0 Å². The van der Waals surface area contributed by atoms with Gasteiger partial charge in [0.1, 0.15) is 11.5 Å². The van der Waals surface area contributed by atoms with Crippen LogP contribution < -0.4 is 16.8 Å². The highest BCUT2D eigenvalue weighted by atomic mass is 16.1. The lowest BCUT2D eigenvalue weighted by molar-refractivity contribution is 0.0935. The van der Waals surface area contributed by atoms with Crippen LogP contribution in [0.5, 0.6) is 0 Å². The first-order chi connectivity index (χ1) is 15.7. The van der Waals surface area contributed by atoms with Crippen molar-refractivity contribution in [1.82, 2.24) is 25.3 Å². The summed E-state index contributed by atoms with van der Waals surface area (Å²) < 4.78 is 0. The highest BCUT2D eigenvalue weighted by Crippen LogP contribution is 2.19. The molecule has 0 aliphatic carbocycles. The minimum Gasteiger partial charge on any atom is -0.402 e. The van der Waals surface area contributed by atoms with Gasteiger partial charge in [-0.25, -0.2) is 15.0 Å². The molecule has 0 aliphatic rings. The van der Waals surface area contributed by atoms with Crippen LogP contribution in [0.15, 0.2) is 59.5 Å². The second-order valence-electron chi connectivity index (χ2n) is 7.66. The van der Waals surface area contributed by atoms with Crippen LogP contribution >= 0.6 is 0 Å². The van der Waals surface area contributed by atoms with Crippen LogP contribution in [-0.2, 0) is 0 Å². The number of nitrogens with two attached hydrogens (primary N) is 2. The molecule has 0 aliphatic heterocycles. The van der Waals surface area contributed by atoms with E-state index < -0.39 is 0 Å². The maximum atomic E-state index is 12.6. The number of hydrogen-bond donors (Lipinski definition) is 3. The number of carbonyl (C=O) groups excluding carboxylic acids is 1. The van der Waals surface area contributed by atoms with E-state index in [1.54, 1.807) is 36.7 Å². The van der Waals surface area contributed by atoms with Crippen molar-refractivity contribution in [2.24, 2.45) is 16.5 Å². The van der Waals surface area contributed by atoms with E-state index in [0.717, 1.165) is 17.0 Å². The Balaban J connectivity index is 1.76. The fourth-order valence-corrected chi connectivity index (χ4v) is 2.94. The summed E-state index contributed by atoms with van der Waals surface area (Å²) >= 11 is 0. The van der Waals surface area contributed by atoms with Crippen molar-refractivity contribution >= 4 is 17.6 Å². The highest BCUT2D eigenvalue weighted by molar-refractivity contribution is 5.94. The molecule has 1 atom stereocenters. The Morgan fingerprint density at radius 3 is 2.52 bits per heavy atom. The number of nitrogens with zero attached hydrogens (tertiary/aromatic N) is 5. The summed E-state index contributed by atoms with van der Waals surface area (Å²) in [6.07, 6.45) is 5.61. The molecule has 3 heterocycles. The quantitative estimate of drug-likeness (QED) is 0.374. The van der Waals surface area contributed by atoms with Gasteiger partial charge in [0.2, 0.25) is 0 Å². The van der Waals surface area contributed by atoms with E-state index in [2.05, 4.69) is 30.2 Å². The molecule has 9 nitrogen and oxygen atoms in total. The average molecular weight is 445 g/mol. The predicted octanol–water partition coefficient (Wildman–Crippen LogP) is 3.28. The molecule has 0 saturated carbocycles. The molecular formula is C24H28N8O. The Hall–Kier alpha value is -4.14. The maximum Gasteiger partial charge on any atom is 0.270 e. The Morgan fingerprint density at radius 2 is 1.88 bits per heavy atom. The Labute approximate surface area is 193 Å². The van der Waals surface area contributed by atoms with Crippen LogP contribution in [0.25, 0.3) is 11.4 Å². The molecule has 5 N–H and O–H groups in total. The molecule has 0 spiro atoms. The highest BCUT2D eigenvalue weighted by Gasteiger charge is 2.14. The normalized spacial score (nSPS) is 13.0. The van der Waals surface area contributed by atoms with Gasteiger partial charge in [-0.2, -0.15) is 0 Å². The van der Waals surface area contributed by atoms with Gasteiger partial charge in [0.25, 0.3) is 5.91 Å². The molecule has 0 bridgehead atoms. The lowest BCUT2D eigenvalue weighted by atomic mass is 10.1. The molecule has 33 heavy (non-hydrogen) atoms. The summed E-state index contributed by atoms with van der Waals surface area (Å²) in [5, 5.41) is 2.93. The summed E-state index contributed by atoms with van der Waals surface area (Å²) in [6.45, 7) is 7.59. The van der Waals surface area contributed by atoms with Crippen molar-refractivity contribution < 1.29 is 4.79 Å². The predicted molar refractivity (Wildman–Crippen MR) is 129 cm³/mol. The van der Waals surface area contributed by atoms with E-state index in [1.807, 2.05) is 39.8 Å². The molecule has 0 radical (unpaired) electrons. The van der Waals surface area contributed by atoms with Gasteiger partial charge in [0.15, 0.2) is 11.6 Å². The zero-order valence-electron chi connectivity index (χ0n) is 19.2. The number of pyridine rings is 2. The molecule has 0 aromatic carbocycles. The van der Waals surface area contributed by atoms with Gasteiger partial charge >= 0.3 is 0 Å². The number of allylic oxidation sites excluding steroid dienone is 1. The minimum absolute atomic E-state index is 0.200. The zero-order valence-corrected chi connectivity index (χ0v) is 19.2. The van der Waals surface area contributed by atoms with Gasteiger partial charge in [0, 0.05) is 41.1 Å². The fraction of sp³-hybridized carbons (Fsp3) is 0.250. The van der Waals surface area contributed by atoms with Crippen LogP contribution in [-0.4, -0.2) is 31.7 Å². The zero-order chi connectivity index (χ0) is 24.0. The lowest BCUT2D eigenvalue weighted by Crippen LogP contribution is -2.27. The number of carbonyl (C=O) groups is 1. The molecule has 170 valence electrons. The third-order valence-electron chi connectivity index (χ3n) is 4.86. The number of amidine groups is 1. The molecule has 3 aromatic rings. The van der Waals surface area contributed by atoms with Crippen molar-refractivity contribution in [3.8, 4) is 11.4 Å². The van der Waals surface area contributed by atoms with Gasteiger partial charge in [-0.15, -0.1) is 0 Å². The van der Waals surface area contributed by atoms with E-state index in [0.29, 0.717) is 35.0 Å². The molecule has 3 rings (SSSR count). The standard InChI is InChI=1S/C24H28N8O/c1-5-19(25)11-21(26)31-22-10-15(3)29-23(32-22)18-8-9-20(28-13-18)24(33)30-16(4)17-7-6-14(2)27-12-17/h6-13,16H,5,25H2,1-4H3,(H,30,33)(H2,26,29,31,32)/b19-11-. The van der Waals surface area contributed by atoms with Gasteiger partial charge in [-0.3, -0.25) is 14.8 Å². The number of amides is 1. The molecule has 3 aromatic heterocycles. The topological polar surface area (TPSA) is 145 Å². The largest absolute Gasteiger partial charge is 0.402 e. The van der Waals surface area contributed by atoms with Crippen LogP contribution in [0.3, 0.4) is 0 Å². The van der Waals surface area contributed by atoms with E-state index in [-0.39, 0.29) is 17.8 Å². The van der Waals surface area contributed by atoms with Crippen molar-refractivity contribution in [2.45, 2.75) is 40.2 Å². The Bertz CT molecular complexity index is 1180. The number of aliphatic imine (C=N–C) groups is 1. The van der Waals surface area contributed by atoms with Crippen molar-refractivity contribution in [3.63, 3.8) is 0 Å². The average Bonchev–Trinajstić information content (AvgIpc) is 2.79. The first-order valence-electron chi connectivity index (χ1n) is 10.6. The van der Waals surface area contributed by atoms with Crippen LogP contribution in [0.2, 0.25) is 0 Å². The van der Waals surface area contributed by atoms with Crippen molar-refractivity contribution in [2.75, 3.05) is 0 Å². The number of aryl methyl sites for hydroxylation is 2. The summed E-state index contributed by atoms with van der Waals surface area (Å²) in [6, 6.07) is 8.77. The third-order valence-corrected chi connectivity index (χ3v) is 4.86. The fourth-order valence-electron chi connectivity index (χ4n) is 2.94. The molecular weight excluding hydrogens is 416 g/mol. The second kappa shape index (κ2) is 10.4. The maximum absolute atomic E-state index is 12.6. The van der Waals surface area contributed by atoms with E-state index in [4.69, 9.17) is 11.5 Å². The molecule has 9 heteroatoms.